The van der Waals surface area contributed by atoms with E-state index in [0.29, 0.717) is 40.2 Å². The molecule has 2 heterocycles. The van der Waals surface area contributed by atoms with Crippen molar-refractivity contribution in [1.29, 1.82) is 0 Å². The fraction of sp³-hybridized carbons (Fsp3) is 0.206. The molecule has 10 nitrogen and oxygen atoms in total. The molecule has 1 amide bonds. The van der Waals surface area contributed by atoms with Gasteiger partial charge in [0.25, 0.3) is 15.9 Å². The molecule has 0 bridgehead atoms. The highest BCUT2D eigenvalue weighted by Gasteiger charge is 2.29. The van der Waals surface area contributed by atoms with Crippen molar-refractivity contribution >= 4 is 54.5 Å². The lowest BCUT2D eigenvalue weighted by atomic mass is 10.0. The fourth-order valence-corrected chi connectivity index (χ4v) is 7.93. The molecule has 0 saturated heterocycles. The van der Waals surface area contributed by atoms with Gasteiger partial charge in [-0.2, -0.15) is 10.1 Å². The Morgan fingerprint density at radius 2 is 1.67 bits per heavy atom. The van der Waals surface area contributed by atoms with Crippen molar-refractivity contribution in [2.45, 2.75) is 24.7 Å². The number of aromatic nitrogens is 1. The molecule has 0 radical (unpaired) electrons. The standard InChI is InChI=1S/C34H32N4O6S2/c1-22-11-16-27-31(18-22)45-34(36-27)38(35-21-23-19-29(42-2)32(44-4)30(20-23)43-3)33(39)25-12-14-26(15-13-25)46(40,41)37-17-7-9-24-8-5-6-10-28(24)37/h5-6,8,10-16,18-21H,7,9,17H2,1-4H3/b35-21+. The number of thiazole rings is 1. The fourth-order valence-electron chi connectivity index (χ4n) is 5.37. The highest BCUT2D eigenvalue weighted by Crippen LogP contribution is 2.38. The van der Waals surface area contributed by atoms with Gasteiger partial charge in [-0.25, -0.2) is 13.4 Å². The first-order valence-corrected chi connectivity index (χ1v) is 16.8. The van der Waals surface area contributed by atoms with Crippen molar-refractivity contribution in [2.75, 3.05) is 37.2 Å². The first-order chi connectivity index (χ1) is 22.2. The highest BCUT2D eigenvalue weighted by molar-refractivity contribution is 7.92. The summed E-state index contributed by atoms with van der Waals surface area (Å²) >= 11 is 1.33. The Bertz CT molecular complexity index is 2030. The number of ether oxygens (including phenoxy) is 3. The number of hydrogen-bond acceptors (Lipinski definition) is 9. The van der Waals surface area contributed by atoms with Crippen LogP contribution in [0.25, 0.3) is 10.2 Å². The summed E-state index contributed by atoms with van der Waals surface area (Å²) in [6.07, 6.45) is 3.06. The van der Waals surface area contributed by atoms with Crippen LogP contribution in [0.5, 0.6) is 17.2 Å². The minimum absolute atomic E-state index is 0.101. The lowest BCUT2D eigenvalue weighted by Gasteiger charge is -2.30. The number of methoxy groups -OCH3 is 3. The Labute approximate surface area is 271 Å². The minimum atomic E-state index is -3.84. The van der Waals surface area contributed by atoms with E-state index in [1.54, 1.807) is 12.1 Å². The van der Waals surface area contributed by atoms with Gasteiger partial charge in [0, 0.05) is 17.7 Å². The van der Waals surface area contributed by atoms with Gasteiger partial charge in [-0.1, -0.05) is 35.6 Å². The molecule has 236 valence electrons. The molecule has 1 aliphatic rings. The predicted octanol–water partition coefficient (Wildman–Crippen LogP) is 6.45. The zero-order chi connectivity index (χ0) is 32.4. The summed E-state index contributed by atoms with van der Waals surface area (Å²) in [5.74, 6) is 0.820. The molecule has 4 aromatic carbocycles. The van der Waals surface area contributed by atoms with E-state index >= 15 is 0 Å². The average Bonchev–Trinajstić information content (AvgIpc) is 3.50. The second kappa shape index (κ2) is 12.8. The molecule has 1 aromatic heterocycles. The molecule has 1 aliphatic heterocycles. The maximum Gasteiger partial charge on any atom is 0.280 e. The van der Waals surface area contributed by atoms with Crippen molar-refractivity contribution in [3.05, 3.63) is 101 Å². The first-order valence-electron chi connectivity index (χ1n) is 14.5. The van der Waals surface area contributed by atoms with Crippen LogP contribution < -0.4 is 23.5 Å². The minimum Gasteiger partial charge on any atom is -0.493 e. The van der Waals surface area contributed by atoms with Crippen molar-refractivity contribution in [3.8, 4) is 17.2 Å². The van der Waals surface area contributed by atoms with Gasteiger partial charge in [-0.05, 0) is 85.5 Å². The number of para-hydroxylation sites is 1. The second-order valence-electron chi connectivity index (χ2n) is 10.6. The van der Waals surface area contributed by atoms with Gasteiger partial charge in [-0.3, -0.25) is 9.10 Å². The van der Waals surface area contributed by atoms with E-state index < -0.39 is 15.9 Å². The van der Waals surface area contributed by atoms with Crippen molar-refractivity contribution in [1.82, 2.24) is 4.98 Å². The maximum atomic E-state index is 14.0. The molecular weight excluding hydrogens is 625 g/mol. The van der Waals surface area contributed by atoms with Crippen LogP contribution in [-0.2, 0) is 16.4 Å². The number of sulfonamides is 1. The zero-order valence-corrected chi connectivity index (χ0v) is 27.4. The smallest absolute Gasteiger partial charge is 0.280 e. The summed E-state index contributed by atoms with van der Waals surface area (Å²) in [4.78, 5) is 18.8. The number of amides is 1. The lowest BCUT2D eigenvalue weighted by Crippen LogP contribution is -2.35. The summed E-state index contributed by atoms with van der Waals surface area (Å²) in [6.45, 7) is 2.38. The first kappa shape index (κ1) is 31.1. The largest absolute Gasteiger partial charge is 0.493 e. The number of nitrogens with zero attached hydrogens (tertiary/aromatic N) is 4. The third-order valence-corrected chi connectivity index (χ3v) is 10.5. The number of benzene rings is 4. The van der Waals surface area contributed by atoms with Crippen LogP contribution in [0.15, 0.2) is 88.9 Å². The molecule has 0 saturated carbocycles. The zero-order valence-electron chi connectivity index (χ0n) is 25.8. The molecule has 0 spiro atoms. The van der Waals surface area contributed by atoms with Gasteiger partial charge < -0.3 is 14.2 Å². The molecule has 0 fully saturated rings. The Morgan fingerprint density at radius 3 is 2.37 bits per heavy atom. The van der Waals surface area contributed by atoms with Crippen LogP contribution in [0.2, 0.25) is 0 Å². The molecule has 0 aliphatic carbocycles. The highest BCUT2D eigenvalue weighted by atomic mass is 32.2. The molecule has 12 heteroatoms. The summed E-state index contributed by atoms with van der Waals surface area (Å²) in [5, 5.41) is 6.14. The number of hydrazone groups is 1. The van der Waals surface area contributed by atoms with E-state index in [9.17, 15) is 13.2 Å². The third kappa shape index (κ3) is 5.88. The van der Waals surface area contributed by atoms with Crippen LogP contribution in [0.1, 0.15) is 33.5 Å². The second-order valence-corrected chi connectivity index (χ2v) is 13.5. The SMILES string of the molecule is COc1cc(/C=N/N(C(=O)c2ccc(S(=O)(=O)N3CCCc4ccccc43)cc2)c2nc3ccc(C)cc3s2)cc(OC)c1OC. The average molecular weight is 657 g/mol. The molecule has 0 atom stereocenters. The molecule has 46 heavy (non-hydrogen) atoms. The van der Waals surface area contributed by atoms with Crippen LogP contribution >= 0.6 is 11.3 Å². The van der Waals surface area contributed by atoms with Crippen molar-refractivity contribution in [2.24, 2.45) is 5.10 Å². The molecule has 0 N–H and O–H groups in total. The van der Waals surface area contributed by atoms with Crippen LogP contribution in [-0.4, -0.2) is 53.4 Å². The maximum absolute atomic E-state index is 14.0. The summed E-state index contributed by atoms with van der Waals surface area (Å²) in [5.41, 5.74) is 4.32. The van der Waals surface area contributed by atoms with E-state index in [0.717, 1.165) is 34.2 Å². The number of fused-ring (bicyclic) bond motifs is 2. The Kier molecular flexibility index (Phi) is 8.65. The normalized spacial score (nSPS) is 13.1. The van der Waals surface area contributed by atoms with E-state index in [2.05, 4.69) is 10.1 Å². The van der Waals surface area contributed by atoms with Crippen LogP contribution in [0, 0.1) is 6.92 Å². The van der Waals surface area contributed by atoms with Gasteiger partial charge in [0.05, 0.1) is 48.3 Å². The van der Waals surface area contributed by atoms with Gasteiger partial charge in [-0.15, -0.1) is 0 Å². The van der Waals surface area contributed by atoms with E-state index in [1.807, 2.05) is 49.4 Å². The molecule has 0 unspecified atom stereocenters. The number of rotatable bonds is 9. The van der Waals surface area contributed by atoms with Gasteiger partial charge >= 0.3 is 0 Å². The summed E-state index contributed by atoms with van der Waals surface area (Å²) < 4.78 is 46.1. The Morgan fingerprint density at radius 1 is 0.957 bits per heavy atom. The number of anilines is 2. The van der Waals surface area contributed by atoms with E-state index in [-0.39, 0.29) is 10.5 Å². The lowest BCUT2D eigenvalue weighted by molar-refractivity contribution is 0.0987. The van der Waals surface area contributed by atoms with Gasteiger partial charge in [0.2, 0.25) is 10.9 Å². The number of carbonyl (C=O) groups excluding carboxylic acids is 1. The van der Waals surface area contributed by atoms with Crippen LogP contribution in [0.3, 0.4) is 0 Å². The van der Waals surface area contributed by atoms with E-state index in [1.165, 1.54) is 72.5 Å². The summed E-state index contributed by atoms with van der Waals surface area (Å²) in [6, 6.07) is 22.7. The number of aryl methyl sites for hydroxylation is 2. The molecular formula is C34H32N4O6S2. The monoisotopic (exact) mass is 656 g/mol. The van der Waals surface area contributed by atoms with Crippen molar-refractivity contribution < 1.29 is 27.4 Å². The quantitative estimate of drug-likeness (QED) is 0.132. The van der Waals surface area contributed by atoms with Gasteiger partial charge in [0.1, 0.15) is 0 Å². The third-order valence-electron chi connectivity index (χ3n) is 7.67. The Balaban J connectivity index is 1.36. The predicted molar refractivity (Wildman–Crippen MR) is 181 cm³/mol. The number of hydrogen-bond donors (Lipinski definition) is 0. The van der Waals surface area contributed by atoms with E-state index in [4.69, 9.17) is 14.2 Å². The molecule has 6 rings (SSSR count). The van der Waals surface area contributed by atoms with Crippen molar-refractivity contribution in [3.63, 3.8) is 0 Å². The number of carbonyl (C=O) groups is 1. The van der Waals surface area contributed by atoms with Crippen LogP contribution in [0.4, 0.5) is 10.8 Å². The Hall–Kier alpha value is -4.94. The summed E-state index contributed by atoms with van der Waals surface area (Å²) in [7, 11) is 0.715. The topological polar surface area (TPSA) is 111 Å². The molecule has 5 aromatic rings. The van der Waals surface area contributed by atoms with Gasteiger partial charge in [0.15, 0.2) is 11.5 Å².